The van der Waals surface area contributed by atoms with E-state index < -0.39 is 0 Å². The average molecular weight is 277 g/mol. The lowest BCUT2D eigenvalue weighted by atomic mass is 9.95. The zero-order valence-corrected chi connectivity index (χ0v) is 11.5. The van der Waals surface area contributed by atoms with Gasteiger partial charge in [-0.1, -0.05) is 30.9 Å². The molecule has 1 aromatic heterocycles. The van der Waals surface area contributed by atoms with Gasteiger partial charge in [-0.15, -0.1) is 10.2 Å². The lowest BCUT2D eigenvalue weighted by Crippen LogP contribution is -2.13. The highest BCUT2D eigenvalue weighted by Gasteiger charge is 2.20. The van der Waals surface area contributed by atoms with Crippen molar-refractivity contribution < 1.29 is 0 Å². The molecule has 1 aliphatic carbocycles. The number of benzene rings is 1. The van der Waals surface area contributed by atoms with Crippen LogP contribution < -0.4 is 5.73 Å². The molecule has 0 amide bonds. The molecule has 2 N–H and O–H groups in total. The highest BCUT2D eigenvalue weighted by Crippen LogP contribution is 2.34. The van der Waals surface area contributed by atoms with Crippen LogP contribution >= 0.6 is 11.6 Å². The number of nitrogens with two attached hydrogens (primary N) is 1. The lowest BCUT2D eigenvalue weighted by Gasteiger charge is -2.24. The zero-order chi connectivity index (χ0) is 13.2. The van der Waals surface area contributed by atoms with E-state index in [1.54, 1.807) is 6.07 Å². The Bertz CT molecular complexity index is 573. The molecule has 0 bridgehead atoms. The summed E-state index contributed by atoms with van der Waals surface area (Å²) in [7, 11) is 0. The van der Waals surface area contributed by atoms with Crippen LogP contribution in [-0.4, -0.2) is 14.8 Å². The van der Waals surface area contributed by atoms with E-state index in [1.165, 1.54) is 32.1 Å². The third-order valence-corrected chi connectivity index (χ3v) is 4.10. The number of nitrogen functional groups attached to an aromatic ring is 1. The van der Waals surface area contributed by atoms with Crippen LogP contribution in [0.15, 0.2) is 24.5 Å². The minimum atomic E-state index is 0.483. The highest BCUT2D eigenvalue weighted by atomic mass is 35.5. The van der Waals surface area contributed by atoms with Crippen LogP contribution in [-0.2, 0) is 0 Å². The highest BCUT2D eigenvalue weighted by molar-refractivity contribution is 6.33. The van der Waals surface area contributed by atoms with Gasteiger partial charge in [0.2, 0.25) is 0 Å². The number of halogens is 1. The average Bonchev–Trinajstić information content (AvgIpc) is 2.91. The Labute approximate surface area is 117 Å². The van der Waals surface area contributed by atoms with Gasteiger partial charge < -0.3 is 10.3 Å². The van der Waals surface area contributed by atoms with Gasteiger partial charge in [0, 0.05) is 17.3 Å². The summed E-state index contributed by atoms with van der Waals surface area (Å²) in [6.07, 6.45) is 8.05. The van der Waals surface area contributed by atoms with E-state index in [1.807, 2.05) is 18.5 Å². The first-order chi connectivity index (χ1) is 9.25. The van der Waals surface area contributed by atoms with Crippen LogP contribution in [0.25, 0.3) is 11.4 Å². The van der Waals surface area contributed by atoms with E-state index in [9.17, 15) is 0 Å². The van der Waals surface area contributed by atoms with Gasteiger partial charge in [-0.05, 0) is 31.0 Å². The molecule has 0 radical (unpaired) electrons. The summed E-state index contributed by atoms with van der Waals surface area (Å²) in [5.74, 6) is 0.823. The van der Waals surface area contributed by atoms with E-state index in [0.29, 0.717) is 16.8 Å². The summed E-state index contributed by atoms with van der Waals surface area (Å²) in [4.78, 5) is 0. The Morgan fingerprint density at radius 2 is 2.00 bits per heavy atom. The van der Waals surface area contributed by atoms with Gasteiger partial charge in [-0.3, -0.25) is 0 Å². The van der Waals surface area contributed by atoms with Crippen molar-refractivity contribution in [3.05, 3.63) is 29.5 Å². The maximum absolute atomic E-state index is 6.26. The molecule has 1 fully saturated rings. The Balaban J connectivity index is 2.01. The molecular weight excluding hydrogens is 260 g/mol. The van der Waals surface area contributed by atoms with Crippen molar-refractivity contribution >= 4 is 17.3 Å². The number of hydrogen-bond donors (Lipinski definition) is 1. The van der Waals surface area contributed by atoms with E-state index in [0.717, 1.165) is 11.4 Å². The second kappa shape index (κ2) is 5.21. The number of anilines is 1. The maximum Gasteiger partial charge on any atom is 0.165 e. The van der Waals surface area contributed by atoms with Crippen molar-refractivity contribution in [2.45, 2.75) is 38.1 Å². The fraction of sp³-hybridized carbons (Fsp3) is 0.429. The molecule has 5 heteroatoms. The van der Waals surface area contributed by atoms with Crippen molar-refractivity contribution in [2.75, 3.05) is 5.73 Å². The van der Waals surface area contributed by atoms with Gasteiger partial charge in [-0.25, -0.2) is 0 Å². The molecule has 0 spiro atoms. The number of hydrogen-bond acceptors (Lipinski definition) is 3. The van der Waals surface area contributed by atoms with Crippen molar-refractivity contribution in [2.24, 2.45) is 0 Å². The second-order valence-corrected chi connectivity index (χ2v) is 5.50. The Morgan fingerprint density at radius 3 is 2.79 bits per heavy atom. The van der Waals surface area contributed by atoms with E-state index in [4.69, 9.17) is 17.3 Å². The molecule has 1 heterocycles. The molecular formula is C14H17ClN4. The van der Waals surface area contributed by atoms with Gasteiger partial charge in [0.25, 0.3) is 0 Å². The normalized spacial score (nSPS) is 16.7. The minimum Gasteiger partial charge on any atom is -0.399 e. The topological polar surface area (TPSA) is 56.7 Å². The molecule has 0 saturated heterocycles. The lowest BCUT2D eigenvalue weighted by molar-refractivity contribution is 0.355. The van der Waals surface area contributed by atoms with Gasteiger partial charge in [0.15, 0.2) is 5.82 Å². The van der Waals surface area contributed by atoms with Crippen LogP contribution in [0, 0.1) is 0 Å². The molecule has 4 nitrogen and oxygen atoms in total. The van der Waals surface area contributed by atoms with Crippen molar-refractivity contribution in [1.29, 1.82) is 0 Å². The Hall–Kier alpha value is -1.55. The van der Waals surface area contributed by atoms with Gasteiger partial charge in [-0.2, -0.15) is 0 Å². The summed E-state index contributed by atoms with van der Waals surface area (Å²) in [6, 6.07) is 5.96. The van der Waals surface area contributed by atoms with E-state index in [-0.39, 0.29) is 0 Å². The Morgan fingerprint density at radius 1 is 1.21 bits per heavy atom. The molecule has 1 aromatic carbocycles. The third kappa shape index (κ3) is 2.45. The Kier molecular flexibility index (Phi) is 3.42. The summed E-state index contributed by atoms with van der Waals surface area (Å²) in [5.41, 5.74) is 7.40. The summed E-state index contributed by atoms with van der Waals surface area (Å²) >= 11 is 6.26. The predicted molar refractivity (Wildman–Crippen MR) is 77.0 cm³/mol. The van der Waals surface area contributed by atoms with Gasteiger partial charge in [0.05, 0.1) is 5.02 Å². The molecule has 1 aliphatic rings. The summed E-state index contributed by atoms with van der Waals surface area (Å²) < 4.78 is 2.15. The number of rotatable bonds is 2. The quantitative estimate of drug-likeness (QED) is 0.851. The first kappa shape index (κ1) is 12.5. The van der Waals surface area contributed by atoms with Crippen molar-refractivity contribution in [1.82, 2.24) is 14.8 Å². The first-order valence-corrected chi connectivity index (χ1v) is 7.08. The largest absolute Gasteiger partial charge is 0.399 e. The number of aromatic nitrogens is 3. The smallest absolute Gasteiger partial charge is 0.165 e. The van der Waals surface area contributed by atoms with Gasteiger partial charge >= 0.3 is 0 Å². The van der Waals surface area contributed by atoms with Crippen LogP contribution in [0.1, 0.15) is 38.1 Å². The van der Waals surface area contributed by atoms with Gasteiger partial charge in [0.1, 0.15) is 6.33 Å². The summed E-state index contributed by atoms with van der Waals surface area (Å²) in [6.45, 7) is 0. The fourth-order valence-electron chi connectivity index (χ4n) is 2.78. The standard InChI is InChI=1S/C14H17ClN4/c15-13-7-6-10(16)8-12(13)14-18-17-9-19(14)11-4-2-1-3-5-11/h6-9,11H,1-5,16H2. The fourth-order valence-corrected chi connectivity index (χ4v) is 2.98. The first-order valence-electron chi connectivity index (χ1n) is 6.70. The maximum atomic E-state index is 6.26. The number of nitrogens with zero attached hydrogens (tertiary/aromatic N) is 3. The van der Waals surface area contributed by atoms with Crippen LogP contribution in [0.4, 0.5) is 5.69 Å². The molecule has 19 heavy (non-hydrogen) atoms. The SMILES string of the molecule is Nc1ccc(Cl)c(-c2nncn2C2CCCCC2)c1. The summed E-state index contributed by atoms with van der Waals surface area (Å²) in [5, 5.41) is 8.96. The molecule has 100 valence electrons. The molecule has 0 unspecified atom stereocenters. The minimum absolute atomic E-state index is 0.483. The van der Waals surface area contributed by atoms with Crippen LogP contribution in [0.3, 0.4) is 0 Å². The third-order valence-electron chi connectivity index (χ3n) is 3.77. The predicted octanol–water partition coefficient (Wildman–Crippen LogP) is 3.69. The zero-order valence-electron chi connectivity index (χ0n) is 10.7. The van der Waals surface area contributed by atoms with Crippen LogP contribution in [0.5, 0.6) is 0 Å². The molecule has 0 aliphatic heterocycles. The van der Waals surface area contributed by atoms with E-state index >= 15 is 0 Å². The van der Waals surface area contributed by atoms with Crippen molar-refractivity contribution in [3.8, 4) is 11.4 Å². The molecule has 2 aromatic rings. The van der Waals surface area contributed by atoms with Crippen LogP contribution in [0.2, 0.25) is 5.02 Å². The second-order valence-electron chi connectivity index (χ2n) is 5.09. The van der Waals surface area contributed by atoms with E-state index in [2.05, 4.69) is 14.8 Å². The van der Waals surface area contributed by atoms with Crippen molar-refractivity contribution in [3.63, 3.8) is 0 Å². The molecule has 1 saturated carbocycles. The molecule has 0 atom stereocenters. The monoisotopic (exact) mass is 276 g/mol. The molecule has 3 rings (SSSR count).